The SMILES string of the molecule is COc1ccc(C2CCCC2=O)cc1F. The second kappa shape index (κ2) is 4.01. The Morgan fingerprint density at radius 3 is 2.80 bits per heavy atom. The van der Waals surface area contributed by atoms with E-state index in [-0.39, 0.29) is 17.5 Å². The van der Waals surface area contributed by atoms with Gasteiger partial charge in [0.05, 0.1) is 7.11 Å². The normalized spacial score (nSPS) is 20.7. The van der Waals surface area contributed by atoms with Gasteiger partial charge in [0.15, 0.2) is 11.6 Å². The lowest BCUT2D eigenvalue weighted by Gasteiger charge is -2.09. The van der Waals surface area contributed by atoms with Crippen molar-refractivity contribution in [2.75, 3.05) is 7.11 Å². The molecule has 1 fully saturated rings. The molecule has 2 nitrogen and oxygen atoms in total. The number of Topliss-reactive ketones (excluding diaryl/α,β-unsaturated/α-hetero) is 1. The molecule has 1 unspecified atom stereocenters. The standard InChI is InChI=1S/C12H13FO2/c1-15-12-6-5-8(7-10(12)13)9-3-2-4-11(9)14/h5-7,9H,2-4H2,1H3. The minimum atomic E-state index is -0.394. The quantitative estimate of drug-likeness (QED) is 0.746. The molecule has 3 heteroatoms. The molecular formula is C12H13FO2. The first-order valence-electron chi connectivity index (χ1n) is 5.08. The lowest BCUT2D eigenvalue weighted by atomic mass is 9.97. The molecule has 0 spiro atoms. The fourth-order valence-electron chi connectivity index (χ4n) is 2.07. The number of rotatable bonds is 2. The van der Waals surface area contributed by atoms with Gasteiger partial charge in [-0.2, -0.15) is 0 Å². The number of hydrogen-bond donors (Lipinski definition) is 0. The summed E-state index contributed by atoms with van der Waals surface area (Å²) >= 11 is 0. The van der Waals surface area contributed by atoms with Crippen LogP contribution >= 0.6 is 0 Å². The van der Waals surface area contributed by atoms with Crippen LogP contribution in [0.4, 0.5) is 4.39 Å². The monoisotopic (exact) mass is 208 g/mol. The largest absolute Gasteiger partial charge is 0.494 e. The van der Waals surface area contributed by atoms with Crippen molar-refractivity contribution in [2.45, 2.75) is 25.2 Å². The van der Waals surface area contributed by atoms with E-state index < -0.39 is 5.82 Å². The number of methoxy groups -OCH3 is 1. The van der Waals surface area contributed by atoms with Crippen LogP contribution in [0.2, 0.25) is 0 Å². The number of hydrogen-bond acceptors (Lipinski definition) is 2. The fraction of sp³-hybridized carbons (Fsp3) is 0.417. The van der Waals surface area contributed by atoms with Crippen LogP contribution in [0.3, 0.4) is 0 Å². The van der Waals surface area contributed by atoms with Gasteiger partial charge in [-0.1, -0.05) is 6.07 Å². The van der Waals surface area contributed by atoms with Gasteiger partial charge in [-0.3, -0.25) is 4.79 Å². The molecule has 2 rings (SSSR count). The molecule has 0 heterocycles. The predicted octanol–water partition coefficient (Wildman–Crippen LogP) is 2.67. The highest BCUT2D eigenvalue weighted by Crippen LogP contribution is 2.32. The topological polar surface area (TPSA) is 26.3 Å². The number of benzene rings is 1. The van der Waals surface area contributed by atoms with E-state index in [1.807, 2.05) is 0 Å². The summed E-state index contributed by atoms with van der Waals surface area (Å²) < 4.78 is 18.2. The van der Waals surface area contributed by atoms with Gasteiger partial charge in [0, 0.05) is 12.3 Å². The summed E-state index contributed by atoms with van der Waals surface area (Å²) in [5, 5.41) is 0. The third-order valence-electron chi connectivity index (χ3n) is 2.88. The molecule has 0 bridgehead atoms. The molecular weight excluding hydrogens is 195 g/mol. The Balaban J connectivity index is 2.29. The minimum absolute atomic E-state index is 0.106. The Hall–Kier alpha value is -1.38. The predicted molar refractivity (Wildman–Crippen MR) is 54.6 cm³/mol. The van der Waals surface area contributed by atoms with Crippen molar-refractivity contribution in [3.05, 3.63) is 29.6 Å². The molecule has 1 aliphatic carbocycles. The number of carbonyl (C=O) groups is 1. The van der Waals surface area contributed by atoms with Crippen LogP contribution in [0.15, 0.2) is 18.2 Å². The van der Waals surface area contributed by atoms with Crippen molar-refractivity contribution in [3.63, 3.8) is 0 Å². The van der Waals surface area contributed by atoms with Crippen LogP contribution < -0.4 is 4.74 Å². The van der Waals surface area contributed by atoms with E-state index in [9.17, 15) is 9.18 Å². The Morgan fingerprint density at radius 2 is 2.27 bits per heavy atom. The average molecular weight is 208 g/mol. The highest BCUT2D eigenvalue weighted by molar-refractivity contribution is 5.87. The third kappa shape index (κ3) is 1.87. The van der Waals surface area contributed by atoms with E-state index in [1.165, 1.54) is 13.2 Å². The first-order chi connectivity index (χ1) is 7.22. The van der Waals surface area contributed by atoms with Gasteiger partial charge < -0.3 is 4.74 Å². The molecule has 0 amide bonds. The number of ketones is 1. The van der Waals surface area contributed by atoms with Crippen LogP contribution in [-0.4, -0.2) is 12.9 Å². The Bertz CT molecular complexity index is 387. The number of ether oxygens (including phenoxy) is 1. The lowest BCUT2D eigenvalue weighted by Crippen LogP contribution is -2.04. The molecule has 1 aliphatic rings. The van der Waals surface area contributed by atoms with Crippen LogP contribution in [0.25, 0.3) is 0 Å². The maximum Gasteiger partial charge on any atom is 0.165 e. The molecule has 80 valence electrons. The molecule has 1 saturated carbocycles. The van der Waals surface area contributed by atoms with E-state index in [0.29, 0.717) is 6.42 Å². The Morgan fingerprint density at radius 1 is 1.47 bits per heavy atom. The third-order valence-corrected chi connectivity index (χ3v) is 2.88. The van der Waals surface area contributed by atoms with Gasteiger partial charge in [0.1, 0.15) is 5.78 Å². The molecule has 1 aromatic rings. The van der Waals surface area contributed by atoms with Gasteiger partial charge >= 0.3 is 0 Å². The molecule has 15 heavy (non-hydrogen) atoms. The highest BCUT2D eigenvalue weighted by Gasteiger charge is 2.26. The van der Waals surface area contributed by atoms with Gasteiger partial charge in [-0.05, 0) is 30.5 Å². The Kier molecular flexibility index (Phi) is 2.71. The van der Waals surface area contributed by atoms with Crippen LogP contribution in [0, 0.1) is 5.82 Å². The zero-order chi connectivity index (χ0) is 10.8. The number of halogens is 1. The smallest absolute Gasteiger partial charge is 0.165 e. The van der Waals surface area contributed by atoms with Crippen LogP contribution in [0.5, 0.6) is 5.75 Å². The number of carbonyl (C=O) groups excluding carboxylic acids is 1. The lowest BCUT2D eigenvalue weighted by molar-refractivity contribution is -0.118. The average Bonchev–Trinajstić information content (AvgIpc) is 2.64. The van der Waals surface area contributed by atoms with Crippen LogP contribution in [-0.2, 0) is 4.79 Å². The molecule has 0 aliphatic heterocycles. The summed E-state index contributed by atoms with van der Waals surface area (Å²) in [5.41, 5.74) is 0.774. The van der Waals surface area contributed by atoms with Crippen molar-refractivity contribution in [3.8, 4) is 5.75 Å². The second-order valence-corrected chi connectivity index (χ2v) is 3.81. The van der Waals surface area contributed by atoms with E-state index in [1.54, 1.807) is 12.1 Å². The van der Waals surface area contributed by atoms with E-state index >= 15 is 0 Å². The first kappa shape index (κ1) is 10.1. The van der Waals surface area contributed by atoms with Gasteiger partial charge in [-0.15, -0.1) is 0 Å². The molecule has 0 saturated heterocycles. The first-order valence-corrected chi connectivity index (χ1v) is 5.08. The van der Waals surface area contributed by atoms with Gasteiger partial charge in [-0.25, -0.2) is 4.39 Å². The van der Waals surface area contributed by atoms with E-state index in [4.69, 9.17) is 4.74 Å². The van der Waals surface area contributed by atoms with Crippen LogP contribution in [0.1, 0.15) is 30.7 Å². The highest BCUT2D eigenvalue weighted by atomic mass is 19.1. The summed E-state index contributed by atoms with van der Waals surface area (Å²) in [6, 6.07) is 4.76. The van der Waals surface area contributed by atoms with Crippen molar-refractivity contribution < 1.29 is 13.9 Å². The molecule has 1 atom stereocenters. The van der Waals surface area contributed by atoms with Crippen molar-refractivity contribution in [2.24, 2.45) is 0 Å². The Labute approximate surface area is 88.1 Å². The summed E-state index contributed by atoms with van der Waals surface area (Å²) in [4.78, 5) is 11.5. The van der Waals surface area contributed by atoms with Crippen molar-refractivity contribution in [1.82, 2.24) is 0 Å². The second-order valence-electron chi connectivity index (χ2n) is 3.81. The summed E-state index contributed by atoms with van der Waals surface area (Å²) in [6.07, 6.45) is 2.38. The van der Waals surface area contributed by atoms with E-state index in [2.05, 4.69) is 0 Å². The molecule has 1 aromatic carbocycles. The molecule has 0 aromatic heterocycles. The fourth-order valence-corrected chi connectivity index (χ4v) is 2.07. The van der Waals surface area contributed by atoms with Gasteiger partial charge in [0.25, 0.3) is 0 Å². The zero-order valence-electron chi connectivity index (χ0n) is 8.63. The maximum atomic E-state index is 13.4. The minimum Gasteiger partial charge on any atom is -0.494 e. The van der Waals surface area contributed by atoms with Gasteiger partial charge in [0.2, 0.25) is 0 Å². The summed E-state index contributed by atoms with van der Waals surface area (Å²) in [6.45, 7) is 0. The zero-order valence-corrected chi connectivity index (χ0v) is 8.63. The summed E-state index contributed by atoms with van der Waals surface area (Å²) in [5.74, 6) is -0.0520. The van der Waals surface area contributed by atoms with Crippen molar-refractivity contribution in [1.29, 1.82) is 0 Å². The molecule has 0 radical (unpaired) electrons. The maximum absolute atomic E-state index is 13.4. The van der Waals surface area contributed by atoms with E-state index in [0.717, 1.165) is 18.4 Å². The molecule has 0 N–H and O–H groups in total. The van der Waals surface area contributed by atoms with Crippen molar-refractivity contribution >= 4 is 5.78 Å². The summed E-state index contributed by atoms with van der Waals surface area (Å²) in [7, 11) is 1.43.